The second-order valence-corrected chi connectivity index (χ2v) is 6.33. The smallest absolute Gasteiger partial charge is 0.187 e. The molecule has 3 aliphatic rings. The SMILES string of the molecule is O=C(c1cn(C2CNC2)nn1)C1CCOC2(CCC2)C1. The van der Waals surface area contributed by atoms with Gasteiger partial charge in [-0.05, 0) is 32.1 Å². The van der Waals surface area contributed by atoms with Crippen molar-refractivity contribution in [1.29, 1.82) is 0 Å². The summed E-state index contributed by atoms with van der Waals surface area (Å²) in [6.07, 6.45) is 6.94. The fourth-order valence-electron chi connectivity index (χ4n) is 3.41. The van der Waals surface area contributed by atoms with Gasteiger partial charge in [0.1, 0.15) is 5.69 Å². The standard InChI is InChI=1S/C14H20N4O2/c19-13(10-2-5-20-14(6-10)3-1-4-14)12-9-18(17-16-12)11-7-15-8-11/h9-11,15H,1-8H2. The zero-order chi connectivity index (χ0) is 13.6. The third kappa shape index (κ3) is 1.98. The predicted octanol–water partition coefficient (Wildman–Crippen LogP) is 0.954. The van der Waals surface area contributed by atoms with Crippen molar-refractivity contribution in [1.82, 2.24) is 20.3 Å². The average molecular weight is 276 g/mol. The van der Waals surface area contributed by atoms with Crippen LogP contribution in [-0.4, -0.2) is 46.1 Å². The van der Waals surface area contributed by atoms with E-state index in [1.807, 2.05) is 10.9 Å². The summed E-state index contributed by atoms with van der Waals surface area (Å²) in [5.74, 6) is 0.215. The minimum Gasteiger partial charge on any atom is -0.375 e. The van der Waals surface area contributed by atoms with Crippen molar-refractivity contribution in [2.75, 3.05) is 19.7 Å². The number of Topliss-reactive ketones (excluding diaryl/α,β-unsaturated/α-hetero) is 1. The molecule has 1 spiro atoms. The molecule has 1 unspecified atom stereocenters. The summed E-state index contributed by atoms with van der Waals surface area (Å²) in [6, 6.07) is 0.358. The van der Waals surface area contributed by atoms with E-state index in [2.05, 4.69) is 15.6 Å². The minimum atomic E-state index is 0.00641. The van der Waals surface area contributed by atoms with Gasteiger partial charge in [-0.2, -0.15) is 0 Å². The number of hydrogen-bond donors (Lipinski definition) is 1. The quantitative estimate of drug-likeness (QED) is 0.833. The zero-order valence-corrected chi connectivity index (χ0v) is 11.5. The molecule has 6 nitrogen and oxygen atoms in total. The summed E-state index contributed by atoms with van der Waals surface area (Å²) in [7, 11) is 0. The highest BCUT2D eigenvalue weighted by Gasteiger charge is 2.44. The van der Waals surface area contributed by atoms with Gasteiger partial charge >= 0.3 is 0 Å². The maximum absolute atomic E-state index is 12.6. The summed E-state index contributed by atoms with van der Waals surface area (Å²) in [6.45, 7) is 2.53. The van der Waals surface area contributed by atoms with Crippen LogP contribution in [0.2, 0.25) is 0 Å². The van der Waals surface area contributed by atoms with Crippen molar-refractivity contribution in [3.05, 3.63) is 11.9 Å². The Morgan fingerprint density at radius 1 is 1.45 bits per heavy atom. The minimum absolute atomic E-state index is 0.00641. The first-order valence-electron chi connectivity index (χ1n) is 7.57. The van der Waals surface area contributed by atoms with E-state index in [1.54, 1.807) is 0 Å². The molecule has 1 N–H and O–H groups in total. The Morgan fingerprint density at radius 3 is 2.95 bits per heavy atom. The molecule has 3 heterocycles. The first-order chi connectivity index (χ1) is 9.76. The van der Waals surface area contributed by atoms with Gasteiger partial charge in [0.15, 0.2) is 5.78 Å². The van der Waals surface area contributed by atoms with E-state index in [-0.39, 0.29) is 17.3 Å². The van der Waals surface area contributed by atoms with Gasteiger partial charge in [-0.1, -0.05) is 5.21 Å². The number of hydrogen-bond acceptors (Lipinski definition) is 5. The first-order valence-corrected chi connectivity index (χ1v) is 7.57. The second kappa shape index (κ2) is 4.63. The van der Waals surface area contributed by atoms with Gasteiger partial charge in [0.25, 0.3) is 0 Å². The lowest BCUT2D eigenvalue weighted by molar-refractivity contribution is -0.137. The van der Waals surface area contributed by atoms with Crippen LogP contribution in [0.4, 0.5) is 0 Å². The highest BCUT2D eigenvalue weighted by atomic mass is 16.5. The van der Waals surface area contributed by atoms with E-state index in [0.717, 1.165) is 38.8 Å². The molecule has 1 aromatic heterocycles. The highest BCUT2D eigenvalue weighted by molar-refractivity contribution is 5.95. The zero-order valence-electron chi connectivity index (χ0n) is 11.5. The van der Waals surface area contributed by atoms with E-state index < -0.39 is 0 Å². The first kappa shape index (κ1) is 12.5. The predicted molar refractivity (Wildman–Crippen MR) is 71.5 cm³/mol. The van der Waals surface area contributed by atoms with E-state index in [1.165, 1.54) is 6.42 Å². The third-order valence-electron chi connectivity index (χ3n) is 5.03. The summed E-state index contributed by atoms with van der Waals surface area (Å²) in [5, 5.41) is 11.4. The summed E-state index contributed by atoms with van der Waals surface area (Å²) in [4.78, 5) is 12.6. The van der Waals surface area contributed by atoms with E-state index in [0.29, 0.717) is 18.3 Å². The lowest BCUT2D eigenvalue weighted by Gasteiger charge is -2.46. The number of aromatic nitrogens is 3. The van der Waals surface area contributed by atoms with Gasteiger partial charge < -0.3 is 10.1 Å². The van der Waals surface area contributed by atoms with Gasteiger partial charge in [0, 0.05) is 25.6 Å². The molecule has 1 aliphatic carbocycles. The molecule has 6 heteroatoms. The Morgan fingerprint density at radius 2 is 2.30 bits per heavy atom. The molecule has 1 atom stereocenters. The molecule has 0 radical (unpaired) electrons. The third-order valence-corrected chi connectivity index (χ3v) is 5.03. The molecule has 1 saturated carbocycles. The molecule has 0 bridgehead atoms. The van der Waals surface area contributed by atoms with Crippen molar-refractivity contribution in [2.45, 2.75) is 43.7 Å². The lowest BCUT2D eigenvalue weighted by Crippen LogP contribution is -2.47. The van der Waals surface area contributed by atoms with E-state index >= 15 is 0 Å². The molecule has 2 aliphatic heterocycles. The van der Waals surface area contributed by atoms with Crippen molar-refractivity contribution >= 4 is 5.78 Å². The van der Waals surface area contributed by atoms with Crippen LogP contribution in [0.15, 0.2) is 6.20 Å². The molecular formula is C14H20N4O2. The van der Waals surface area contributed by atoms with Gasteiger partial charge in [-0.15, -0.1) is 5.10 Å². The summed E-state index contributed by atoms with van der Waals surface area (Å²) in [5.41, 5.74) is 0.533. The Kier molecular flexibility index (Phi) is 2.89. The van der Waals surface area contributed by atoms with Crippen LogP contribution in [0.25, 0.3) is 0 Å². The molecule has 0 amide bonds. The fraction of sp³-hybridized carbons (Fsp3) is 0.786. The number of ether oxygens (including phenoxy) is 1. The van der Waals surface area contributed by atoms with Crippen LogP contribution in [0.1, 0.15) is 48.6 Å². The maximum atomic E-state index is 12.6. The summed E-state index contributed by atoms with van der Waals surface area (Å²) >= 11 is 0. The maximum Gasteiger partial charge on any atom is 0.187 e. The molecule has 108 valence electrons. The van der Waals surface area contributed by atoms with Crippen LogP contribution >= 0.6 is 0 Å². The molecule has 2 saturated heterocycles. The fourth-order valence-corrected chi connectivity index (χ4v) is 3.41. The number of ketones is 1. The normalized spacial score (nSPS) is 28.9. The van der Waals surface area contributed by atoms with Gasteiger partial charge in [0.05, 0.1) is 17.8 Å². The largest absolute Gasteiger partial charge is 0.375 e. The number of carbonyl (C=O) groups excluding carboxylic acids is 1. The molecule has 3 fully saturated rings. The van der Waals surface area contributed by atoms with Crippen molar-refractivity contribution < 1.29 is 9.53 Å². The Bertz CT molecular complexity index is 519. The van der Waals surface area contributed by atoms with Gasteiger partial charge in [-0.3, -0.25) is 4.79 Å². The van der Waals surface area contributed by atoms with Crippen LogP contribution in [0.3, 0.4) is 0 Å². The Labute approximate surface area is 117 Å². The molecule has 0 aromatic carbocycles. The summed E-state index contributed by atoms with van der Waals surface area (Å²) < 4.78 is 7.71. The van der Waals surface area contributed by atoms with E-state index in [4.69, 9.17) is 4.74 Å². The van der Waals surface area contributed by atoms with E-state index in [9.17, 15) is 4.79 Å². The second-order valence-electron chi connectivity index (χ2n) is 6.33. The number of rotatable bonds is 3. The number of carbonyl (C=O) groups is 1. The number of nitrogens with zero attached hydrogens (tertiary/aromatic N) is 3. The Balaban J connectivity index is 1.47. The number of nitrogens with one attached hydrogen (secondary N) is 1. The van der Waals surface area contributed by atoms with Crippen molar-refractivity contribution in [3.63, 3.8) is 0 Å². The van der Waals surface area contributed by atoms with Crippen molar-refractivity contribution in [2.24, 2.45) is 5.92 Å². The van der Waals surface area contributed by atoms with Crippen molar-refractivity contribution in [3.8, 4) is 0 Å². The van der Waals surface area contributed by atoms with Crippen LogP contribution in [0.5, 0.6) is 0 Å². The van der Waals surface area contributed by atoms with Crippen LogP contribution in [-0.2, 0) is 4.74 Å². The molecule has 4 rings (SSSR count). The highest BCUT2D eigenvalue weighted by Crippen LogP contribution is 2.44. The molecule has 1 aromatic rings. The molecular weight excluding hydrogens is 256 g/mol. The van der Waals surface area contributed by atoms with Crippen LogP contribution < -0.4 is 5.32 Å². The lowest BCUT2D eigenvalue weighted by atomic mass is 9.71. The van der Waals surface area contributed by atoms with Crippen LogP contribution in [0, 0.1) is 5.92 Å². The monoisotopic (exact) mass is 276 g/mol. The topological polar surface area (TPSA) is 69.0 Å². The average Bonchev–Trinajstić information content (AvgIpc) is 2.83. The van der Waals surface area contributed by atoms with Gasteiger partial charge in [-0.25, -0.2) is 4.68 Å². The molecule has 20 heavy (non-hydrogen) atoms. The van der Waals surface area contributed by atoms with Gasteiger partial charge in [0.2, 0.25) is 0 Å². The Hall–Kier alpha value is -1.27.